The summed E-state index contributed by atoms with van der Waals surface area (Å²) in [7, 11) is 0. The lowest BCUT2D eigenvalue weighted by Crippen LogP contribution is -2.27. The Labute approximate surface area is 163 Å². The lowest BCUT2D eigenvalue weighted by Gasteiger charge is -2.19. The second-order valence-corrected chi connectivity index (χ2v) is 7.17. The summed E-state index contributed by atoms with van der Waals surface area (Å²) < 4.78 is 48.6. The van der Waals surface area contributed by atoms with Gasteiger partial charge < -0.3 is 9.26 Å². The van der Waals surface area contributed by atoms with Crippen molar-refractivity contribution in [1.82, 2.24) is 19.9 Å². The number of anilines is 1. The molecule has 0 aliphatic carbocycles. The van der Waals surface area contributed by atoms with Gasteiger partial charge in [-0.25, -0.2) is 4.79 Å². The average molecular weight is 409 g/mol. The fraction of sp³-hybridized carbons (Fsp3) is 0.333. The Morgan fingerprint density at radius 2 is 1.90 bits per heavy atom. The molecule has 2 aromatic heterocycles. The monoisotopic (exact) mass is 409 g/mol. The van der Waals surface area contributed by atoms with E-state index < -0.39 is 23.8 Å². The third-order valence-corrected chi connectivity index (χ3v) is 3.50. The molecule has 0 aliphatic rings. The fourth-order valence-electron chi connectivity index (χ4n) is 2.34. The molecule has 1 N–H and O–H groups in total. The number of nitrogens with one attached hydrogen (secondary N) is 1. The van der Waals surface area contributed by atoms with Crippen LogP contribution in [0.2, 0.25) is 0 Å². The first-order valence-corrected chi connectivity index (χ1v) is 8.52. The predicted octanol–water partition coefficient (Wildman–Crippen LogP) is 4.35. The predicted molar refractivity (Wildman–Crippen MR) is 95.9 cm³/mol. The summed E-state index contributed by atoms with van der Waals surface area (Å²) >= 11 is 0. The quantitative estimate of drug-likeness (QED) is 0.689. The van der Waals surface area contributed by atoms with Crippen LogP contribution in [0.25, 0.3) is 11.4 Å². The minimum Gasteiger partial charge on any atom is -0.444 e. The summed E-state index contributed by atoms with van der Waals surface area (Å²) in [5.74, 6) is -1.54. The summed E-state index contributed by atoms with van der Waals surface area (Å²) in [4.78, 5) is 15.1. The highest BCUT2D eigenvalue weighted by Crippen LogP contribution is 2.29. The SMILES string of the molecule is CC(C)(C)OC(=O)Nc1cnn(Cc2ccc(-c3noc(C(F)(F)F)n3)cc2)c1. The molecule has 154 valence electrons. The number of amides is 1. The number of nitrogens with zero attached hydrogens (tertiary/aromatic N) is 4. The second-order valence-electron chi connectivity index (χ2n) is 7.17. The van der Waals surface area contributed by atoms with Gasteiger partial charge in [-0.2, -0.15) is 23.3 Å². The number of halogens is 3. The number of alkyl halides is 3. The van der Waals surface area contributed by atoms with Gasteiger partial charge in [-0.05, 0) is 26.3 Å². The lowest BCUT2D eigenvalue weighted by atomic mass is 10.1. The van der Waals surface area contributed by atoms with Gasteiger partial charge in [0, 0.05) is 11.8 Å². The molecule has 0 bridgehead atoms. The zero-order valence-corrected chi connectivity index (χ0v) is 15.8. The maximum Gasteiger partial charge on any atom is 0.471 e. The largest absolute Gasteiger partial charge is 0.471 e. The Morgan fingerprint density at radius 3 is 2.48 bits per heavy atom. The van der Waals surface area contributed by atoms with Crippen LogP contribution in [-0.2, 0) is 17.5 Å². The molecule has 0 atom stereocenters. The molecule has 2 heterocycles. The van der Waals surface area contributed by atoms with Gasteiger partial charge in [0.15, 0.2) is 0 Å². The summed E-state index contributed by atoms with van der Waals surface area (Å²) in [5, 5.41) is 10.1. The summed E-state index contributed by atoms with van der Waals surface area (Å²) in [5.41, 5.74) is 1.09. The minimum absolute atomic E-state index is 0.146. The topological polar surface area (TPSA) is 95.1 Å². The highest BCUT2D eigenvalue weighted by Gasteiger charge is 2.38. The molecule has 3 rings (SSSR count). The van der Waals surface area contributed by atoms with Crippen molar-refractivity contribution in [2.45, 2.75) is 39.1 Å². The standard InChI is InChI=1S/C18H18F3N5O3/c1-17(2,3)28-16(27)23-13-8-22-26(10-13)9-11-4-6-12(7-5-11)14-24-15(29-25-14)18(19,20)21/h4-8,10H,9H2,1-3H3,(H,23,27). The van der Waals surface area contributed by atoms with Crippen LogP contribution in [-0.4, -0.2) is 31.6 Å². The van der Waals surface area contributed by atoms with Gasteiger partial charge in [0.25, 0.3) is 0 Å². The molecule has 0 fully saturated rings. The third kappa shape index (κ3) is 5.56. The van der Waals surface area contributed by atoms with Crippen molar-refractivity contribution in [1.29, 1.82) is 0 Å². The van der Waals surface area contributed by atoms with Gasteiger partial charge in [0.05, 0.1) is 18.4 Å². The van der Waals surface area contributed by atoms with Gasteiger partial charge in [0.1, 0.15) is 5.60 Å². The van der Waals surface area contributed by atoms with Crippen molar-refractivity contribution in [2.75, 3.05) is 5.32 Å². The van der Waals surface area contributed by atoms with E-state index in [2.05, 4.69) is 25.1 Å². The van der Waals surface area contributed by atoms with Crippen molar-refractivity contribution in [3.05, 3.63) is 48.1 Å². The van der Waals surface area contributed by atoms with Crippen LogP contribution in [0.3, 0.4) is 0 Å². The zero-order valence-electron chi connectivity index (χ0n) is 15.8. The Balaban J connectivity index is 1.62. The smallest absolute Gasteiger partial charge is 0.444 e. The maximum atomic E-state index is 12.5. The molecule has 8 nitrogen and oxygen atoms in total. The van der Waals surface area contributed by atoms with E-state index >= 15 is 0 Å². The van der Waals surface area contributed by atoms with Crippen LogP contribution in [0, 0.1) is 0 Å². The van der Waals surface area contributed by atoms with Gasteiger partial charge in [0.2, 0.25) is 5.82 Å². The van der Waals surface area contributed by atoms with Gasteiger partial charge >= 0.3 is 18.2 Å². The minimum atomic E-state index is -4.68. The van der Waals surface area contributed by atoms with E-state index in [-0.39, 0.29) is 5.82 Å². The van der Waals surface area contributed by atoms with Crippen LogP contribution in [0.15, 0.2) is 41.2 Å². The molecule has 0 saturated carbocycles. The number of carbonyl (C=O) groups is 1. The van der Waals surface area contributed by atoms with Crippen molar-refractivity contribution >= 4 is 11.8 Å². The second kappa shape index (κ2) is 7.57. The molecule has 1 amide bonds. The summed E-state index contributed by atoms with van der Waals surface area (Å²) in [6.07, 6.45) is -2.15. The first-order valence-electron chi connectivity index (χ1n) is 8.52. The fourth-order valence-corrected chi connectivity index (χ4v) is 2.34. The average Bonchev–Trinajstić information content (AvgIpc) is 3.23. The Morgan fingerprint density at radius 1 is 1.21 bits per heavy atom. The van der Waals surface area contributed by atoms with Crippen molar-refractivity contribution in [3.8, 4) is 11.4 Å². The van der Waals surface area contributed by atoms with Crippen molar-refractivity contribution < 1.29 is 27.2 Å². The molecule has 1 aromatic carbocycles. The molecular weight excluding hydrogens is 391 g/mol. The molecule has 29 heavy (non-hydrogen) atoms. The number of carbonyl (C=O) groups excluding carboxylic acids is 1. The Kier molecular flexibility index (Phi) is 5.31. The lowest BCUT2D eigenvalue weighted by molar-refractivity contribution is -0.159. The van der Waals surface area contributed by atoms with E-state index in [0.717, 1.165) is 5.56 Å². The molecule has 0 spiro atoms. The maximum absolute atomic E-state index is 12.5. The molecule has 0 saturated heterocycles. The van der Waals surface area contributed by atoms with E-state index in [1.807, 2.05) is 0 Å². The van der Waals surface area contributed by atoms with Crippen LogP contribution in [0.1, 0.15) is 32.2 Å². The summed E-state index contributed by atoms with van der Waals surface area (Å²) in [6, 6.07) is 6.59. The van der Waals surface area contributed by atoms with Crippen LogP contribution >= 0.6 is 0 Å². The van der Waals surface area contributed by atoms with Crippen LogP contribution < -0.4 is 5.32 Å². The Bertz CT molecular complexity index is 987. The van der Waals surface area contributed by atoms with E-state index in [4.69, 9.17) is 4.74 Å². The molecule has 0 radical (unpaired) electrons. The molecule has 0 aliphatic heterocycles. The molecule has 0 unspecified atom stereocenters. The number of rotatable bonds is 4. The van der Waals surface area contributed by atoms with Crippen molar-refractivity contribution in [2.24, 2.45) is 0 Å². The van der Waals surface area contributed by atoms with E-state index in [9.17, 15) is 18.0 Å². The number of hydrogen-bond donors (Lipinski definition) is 1. The first-order chi connectivity index (χ1) is 13.5. The Hall–Kier alpha value is -3.37. The molecular formula is C18H18F3N5O3. The number of aromatic nitrogens is 4. The van der Waals surface area contributed by atoms with Gasteiger partial charge in [-0.1, -0.05) is 29.4 Å². The van der Waals surface area contributed by atoms with E-state index in [0.29, 0.717) is 17.8 Å². The van der Waals surface area contributed by atoms with Crippen LogP contribution in [0.4, 0.5) is 23.7 Å². The van der Waals surface area contributed by atoms with Crippen LogP contribution in [0.5, 0.6) is 0 Å². The highest BCUT2D eigenvalue weighted by molar-refractivity contribution is 5.84. The number of benzene rings is 1. The van der Waals surface area contributed by atoms with Crippen molar-refractivity contribution in [3.63, 3.8) is 0 Å². The van der Waals surface area contributed by atoms with E-state index in [1.54, 1.807) is 55.9 Å². The van der Waals surface area contributed by atoms with Gasteiger partial charge in [-0.3, -0.25) is 10.00 Å². The summed E-state index contributed by atoms with van der Waals surface area (Å²) in [6.45, 7) is 5.67. The zero-order chi connectivity index (χ0) is 21.2. The normalized spacial score (nSPS) is 12.1. The van der Waals surface area contributed by atoms with Gasteiger partial charge in [-0.15, -0.1) is 0 Å². The highest BCUT2D eigenvalue weighted by atomic mass is 19.4. The molecule has 3 aromatic rings. The first kappa shape index (κ1) is 20.4. The number of hydrogen-bond acceptors (Lipinski definition) is 6. The van der Waals surface area contributed by atoms with E-state index in [1.165, 1.54) is 6.20 Å². The molecule has 11 heteroatoms. The number of ether oxygens (including phenoxy) is 1. The third-order valence-electron chi connectivity index (χ3n) is 3.50.